The summed E-state index contributed by atoms with van der Waals surface area (Å²) in [5.41, 5.74) is 2.52. The van der Waals surface area contributed by atoms with Crippen molar-refractivity contribution < 1.29 is 9.18 Å². The minimum Gasteiger partial charge on any atom is -0.368 e. The summed E-state index contributed by atoms with van der Waals surface area (Å²) in [6.45, 7) is 6.23. The van der Waals surface area contributed by atoms with Gasteiger partial charge in [0.15, 0.2) is 0 Å². The average molecular weight is 370 g/mol. The highest BCUT2D eigenvalue weighted by atomic mass is 19.1. The Bertz CT molecular complexity index is 742. The van der Waals surface area contributed by atoms with Gasteiger partial charge in [-0.05, 0) is 42.8 Å². The van der Waals surface area contributed by atoms with E-state index in [1.807, 2.05) is 24.3 Å². The predicted molar refractivity (Wildman–Crippen MR) is 107 cm³/mol. The van der Waals surface area contributed by atoms with Gasteiger partial charge in [0.25, 0.3) is 5.91 Å². The van der Waals surface area contributed by atoms with Gasteiger partial charge >= 0.3 is 0 Å². The lowest BCUT2D eigenvalue weighted by atomic mass is 10.2. The molecule has 1 fully saturated rings. The lowest BCUT2D eigenvalue weighted by molar-refractivity contribution is 0.0948. The summed E-state index contributed by atoms with van der Waals surface area (Å²) < 4.78 is 13.1. The zero-order chi connectivity index (χ0) is 19.1. The monoisotopic (exact) mass is 370 g/mol. The number of pyridine rings is 1. The number of nitrogens with one attached hydrogen (secondary N) is 1. The molecule has 3 rings (SSSR count). The molecule has 1 saturated heterocycles. The van der Waals surface area contributed by atoms with Crippen molar-refractivity contribution in [3.8, 4) is 0 Å². The molecule has 5 nitrogen and oxygen atoms in total. The SMILES string of the molecule is CCCCCNC(=O)c1cc(N2CCN(c3ccc(F)cc3)CC2)ccn1. The zero-order valence-corrected chi connectivity index (χ0v) is 15.8. The minimum absolute atomic E-state index is 0.113. The average Bonchev–Trinajstić information content (AvgIpc) is 2.72. The first-order valence-electron chi connectivity index (χ1n) is 9.67. The van der Waals surface area contributed by atoms with E-state index in [-0.39, 0.29) is 11.7 Å². The Labute approximate surface area is 160 Å². The molecule has 2 heterocycles. The molecule has 6 heteroatoms. The molecule has 144 valence electrons. The maximum absolute atomic E-state index is 13.1. The molecule has 0 atom stereocenters. The van der Waals surface area contributed by atoms with Gasteiger partial charge in [0, 0.05) is 50.3 Å². The van der Waals surface area contributed by atoms with Crippen molar-refractivity contribution in [1.29, 1.82) is 0 Å². The molecule has 1 aromatic heterocycles. The number of nitrogens with zero attached hydrogens (tertiary/aromatic N) is 3. The third-order valence-electron chi connectivity index (χ3n) is 4.88. The van der Waals surface area contributed by atoms with E-state index in [4.69, 9.17) is 0 Å². The Morgan fingerprint density at radius 2 is 1.70 bits per heavy atom. The van der Waals surface area contributed by atoms with Crippen LogP contribution < -0.4 is 15.1 Å². The number of hydrogen-bond donors (Lipinski definition) is 1. The Kier molecular flexibility index (Phi) is 6.63. The summed E-state index contributed by atoms with van der Waals surface area (Å²) >= 11 is 0. The summed E-state index contributed by atoms with van der Waals surface area (Å²) in [6, 6.07) is 10.4. The summed E-state index contributed by atoms with van der Waals surface area (Å²) in [5.74, 6) is -0.326. The Morgan fingerprint density at radius 1 is 1.04 bits per heavy atom. The molecule has 1 N–H and O–H groups in total. The number of rotatable bonds is 7. The molecule has 2 aromatic rings. The molecule has 27 heavy (non-hydrogen) atoms. The molecule has 0 bridgehead atoms. The van der Waals surface area contributed by atoms with Crippen LogP contribution >= 0.6 is 0 Å². The number of benzene rings is 1. The molecular weight excluding hydrogens is 343 g/mol. The largest absolute Gasteiger partial charge is 0.368 e. The highest BCUT2D eigenvalue weighted by Crippen LogP contribution is 2.21. The van der Waals surface area contributed by atoms with Crippen LogP contribution in [0, 0.1) is 5.82 Å². The first kappa shape index (κ1) is 19.1. The van der Waals surface area contributed by atoms with Crippen LogP contribution in [0.3, 0.4) is 0 Å². The topological polar surface area (TPSA) is 48.5 Å². The number of hydrogen-bond acceptors (Lipinski definition) is 4. The summed E-state index contributed by atoms with van der Waals surface area (Å²) in [4.78, 5) is 21.0. The fourth-order valence-corrected chi connectivity index (χ4v) is 3.28. The standard InChI is InChI=1S/C21H27FN4O/c1-2-3-4-10-24-21(27)20-16-19(9-11-23-20)26-14-12-25(13-15-26)18-7-5-17(22)6-8-18/h5-9,11,16H,2-4,10,12-15H2,1H3,(H,24,27). The van der Waals surface area contributed by atoms with Gasteiger partial charge in [-0.15, -0.1) is 0 Å². The Hall–Kier alpha value is -2.63. The van der Waals surface area contributed by atoms with E-state index in [2.05, 4.69) is 27.0 Å². The van der Waals surface area contributed by atoms with Gasteiger partial charge < -0.3 is 15.1 Å². The molecular formula is C21H27FN4O. The van der Waals surface area contributed by atoms with Crippen molar-refractivity contribution >= 4 is 17.3 Å². The molecule has 1 aliphatic rings. The van der Waals surface area contributed by atoms with Gasteiger partial charge in [-0.25, -0.2) is 4.39 Å². The predicted octanol–water partition coefficient (Wildman–Crippen LogP) is 3.47. The Balaban J connectivity index is 1.56. The van der Waals surface area contributed by atoms with Crippen molar-refractivity contribution in [2.75, 3.05) is 42.5 Å². The zero-order valence-electron chi connectivity index (χ0n) is 15.8. The van der Waals surface area contributed by atoms with Crippen LogP contribution in [0.1, 0.15) is 36.7 Å². The van der Waals surface area contributed by atoms with E-state index >= 15 is 0 Å². The van der Waals surface area contributed by atoms with Gasteiger partial charge in [-0.1, -0.05) is 19.8 Å². The van der Waals surface area contributed by atoms with E-state index in [9.17, 15) is 9.18 Å². The van der Waals surface area contributed by atoms with Crippen LogP contribution in [0.5, 0.6) is 0 Å². The molecule has 0 radical (unpaired) electrons. The molecule has 0 spiro atoms. The van der Waals surface area contributed by atoms with Crippen LogP contribution in [0.4, 0.5) is 15.8 Å². The number of amides is 1. The third kappa shape index (κ3) is 5.18. The number of halogens is 1. The molecule has 1 aliphatic heterocycles. The highest BCUT2D eigenvalue weighted by Gasteiger charge is 2.19. The van der Waals surface area contributed by atoms with Gasteiger partial charge in [-0.3, -0.25) is 9.78 Å². The summed E-state index contributed by atoms with van der Waals surface area (Å²) in [6.07, 6.45) is 4.94. The van der Waals surface area contributed by atoms with Gasteiger partial charge in [0.05, 0.1) is 0 Å². The van der Waals surface area contributed by atoms with Crippen LogP contribution in [-0.2, 0) is 0 Å². The van der Waals surface area contributed by atoms with Crippen molar-refractivity contribution in [1.82, 2.24) is 10.3 Å². The second-order valence-electron chi connectivity index (χ2n) is 6.81. The summed E-state index contributed by atoms with van der Waals surface area (Å²) in [7, 11) is 0. The van der Waals surface area contributed by atoms with Crippen LogP contribution in [-0.4, -0.2) is 43.6 Å². The highest BCUT2D eigenvalue weighted by molar-refractivity contribution is 5.93. The maximum Gasteiger partial charge on any atom is 0.269 e. The first-order chi connectivity index (χ1) is 13.2. The van der Waals surface area contributed by atoms with E-state index in [1.54, 1.807) is 6.20 Å². The molecule has 1 amide bonds. The van der Waals surface area contributed by atoms with Gasteiger partial charge in [0.1, 0.15) is 11.5 Å². The number of piperazine rings is 1. The van der Waals surface area contributed by atoms with E-state index < -0.39 is 0 Å². The number of carbonyl (C=O) groups excluding carboxylic acids is 1. The second kappa shape index (κ2) is 9.35. The van der Waals surface area contributed by atoms with Crippen molar-refractivity contribution in [3.05, 3.63) is 54.1 Å². The Morgan fingerprint density at radius 3 is 2.37 bits per heavy atom. The third-order valence-corrected chi connectivity index (χ3v) is 4.88. The van der Waals surface area contributed by atoms with Crippen molar-refractivity contribution in [2.45, 2.75) is 26.2 Å². The quantitative estimate of drug-likeness (QED) is 0.758. The lowest BCUT2D eigenvalue weighted by Crippen LogP contribution is -2.46. The summed E-state index contributed by atoms with van der Waals surface area (Å²) in [5, 5.41) is 2.94. The molecule has 0 unspecified atom stereocenters. The van der Waals surface area contributed by atoms with E-state index in [1.165, 1.54) is 12.1 Å². The maximum atomic E-state index is 13.1. The number of anilines is 2. The fraction of sp³-hybridized carbons (Fsp3) is 0.429. The van der Waals surface area contributed by atoms with E-state index in [0.717, 1.165) is 56.8 Å². The smallest absolute Gasteiger partial charge is 0.269 e. The van der Waals surface area contributed by atoms with Crippen molar-refractivity contribution in [2.24, 2.45) is 0 Å². The first-order valence-corrected chi connectivity index (χ1v) is 9.67. The van der Waals surface area contributed by atoms with Crippen LogP contribution in [0.2, 0.25) is 0 Å². The molecule has 1 aromatic carbocycles. The number of carbonyl (C=O) groups is 1. The van der Waals surface area contributed by atoms with Gasteiger partial charge in [-0.2, -0.15) is 0 Å². The normalized spacial score (nSPS) is 14.3. The van der Waals surface area contributed by atoms with Crippen molar-refractivity contribution in [3.63, 3.8) is 0 Å². The minimum atomic E-state index is -0.213. The lowest BCUT2D eigenvalue weighted by Gasteiger charge is -2.37. The molecule has 0 saturated carbocycles. The van der Waals surface area contributed by atoms with Crippen LogP contribution in [0.15, 0.2) is 42.6 Å². The molecule has 0 aliphatic carbocycles. The number of aromatic nitrogens is 1. The number of unbranched alkanes of at least 4 members (excludes halogenated alkanes) is 2. The van der Waals surface area contributed by atoms with E-state index in [0.29, 0.717) is 12.2 Å². The fourth-order valence-electron chi connectivity index (χ4n) is 3.28. The van der Waals surface area contributed by atoms with Gasteiger partial charge in [0.2, 0.25) is 0 Å². The van der Waals surface area contributed by atoms with Crippen LogP contribution in [0.25, 0.3) is 0 Å². The second-order valence-corrected chi connectivity index (χ2v) is 6.81.